The first kappa shape index (κ1) is 22.3. The molecule has 0 fully saturated rings. The van der Waals surface area contributed by atoms with Gasteiger partial charge in [0.15, 0.2) is 0 Å². The first-order valence-corrected chi connectivity index (χ1v) is 10.9. The van der Waals surface area contributed by atoms with Crippen LogP contribution >= 0.6 is 0 Å². The molecule has 0 unspecified atom stereocenters. The van der Waals surface area contributed by atoms with E-state index in [9.17, 15) is 9.59 Å². The second-order valence-corrected chi connectivity index (χ2v) is 8.29. The van der Waals surface area contributed by atoms with Gasteiger partial charge in [0.1, 0.15) is 0 Å². The average molecular weight is 441 g/mol. The van der Waals surface area contributed by atoms with Gasteiger partial charge >= 0.3 is 0 Å². The number of para-hydroxylation sites is 1. The number of hydrogen-bond donors (Lipinski definition) is 2. The highest BCUT2D eigenvalue weighted by Gasteiger charge is 2.28. The van der Waals surface area contributed by atoms with Crippen LogP contribution in [0.2, 0.25) is 0 Å². The minimum Gasteiger partial charge on any atom is -0.354 e. The summed E-state index contributed by atoms with van der Waals surface area (Å²) in [7, 11) is 5.70. The molecule has 0 aliphatic carbocycles. The van der Waals surface area contributed by atoms with Gasteiger partial charge in [0, 0.05) is 42.6 Å². The quantitative estimate of drug-likeness (QED) is 0.530. The van der Waals surface area contributed by atoms with Crippen molar-refractivity contribution in [1.82, 2.24) is 4.90 Å². The van der Waals surface area contributed by atoms with Crippen molar-refractivity contribution < 1.29 is 9.59 Å². The van der Waals surface area contributed by atoms with E-state index >= 15 is 0 Å². The van der Waals surface area contributed by atoms with E-state index in [-0.39, 0.29) is 11.8 Å². The zero-order chi connectivity index (χ0) is 23.4. The Kier molecular flexibility index (Phi) is 6.56. The van der Waals surface area contributed by atoms with Gasteiger partial charge in [-0.15, -0.1) is 0 Å². The molecule has 2 amide bonds. The predicted molar refractivity (Wildman–Crippen MR) is 135 cm³/mol. The number of fused-ring (bicyclic) bond motifs is 1. The predicted octanol–water partition coefficient (Wildman–Crippen LogP) is 4.53. The molecular formula is C27H28N4O2. The van der Waals surface area contributed by atoms with Gasteiger partial charge in [-0.25, -0.2) is 0 Å². The van der Waals surface area contributed by atoms with Crippen LogP contribution < -0.4 is 15.5 Å². The Hall–Kier alpha value is -3.90. The Morgan fingerprint density at radius 3 is 2.24 bits per heavy atom. The van der Waals surface area contributed by atoms with Crippen molar-refractivity contribution >= 4 is 40.1 Å². The van der Waals surface area contributed by atoms with E-state index in [1.54, 1.807) is 11.9 Å². The smallest absolute Gasteiger partial charge is 0.258 e. The molecule has 0 saturated heterocycles. The van der Waals surface area contributed by atoms with Crippen molar-refractivity contribution in [1.29, 1.82) is 0 Å². The van der Waals surface area contributed by atoms with Crippen LogP contribution in [0, 0.1) is 0 Å². The van der Waals surface area contributed by atoms with Crippen LogP contribution in [-0.4, -0.2) is 44.4 Å². The van der Waals surface area contributed by atoms with Gasteiger partial charge < -0.3 is 20.4 Å². The van der Waals surface area contributed by atoms with Crippen LogP contribution in [0.25, 0.3) is 11.3 Å². The molecule has 0 aromatic heterocycles. The number of carbonyl (C=O) groups excluding carboxylic acids is 2. The van der Waals surface area contributed by atoms with E-state index in [1.807, 2.05) is 97.9 Å². The summed E-state index contributed by atoms with van der Waals surface area (Å²) in [4.78, 5) is 29.0. The van der Waals surface area contributed by atoms with E-state index < -0.39 is 0 Å². The standard InChI is InChI=1S/C27H28N4O2/c1-30(2)18-17-24(32)31(3)21-15-13-20(14-16-21)28-26(19-9-5-4-6-10-19)25-22-11-7-8-12-23(22)29-27(25)33/h4-16,28H,17-18H2,1-3H3,(H,29,33). The largest absolute Gasteiger partial charge is 0.354 e. The minimum atomic E-state index is -0.134. The third-order valence-corrected chi connectivity index (χ3v) is 5.66. The average Bonchev–Trinajstić information content (AvgIpc) is 3.17. The van der Waals surface area contributed by atoms with Gasteiger partial charge in [-0.1, -0.05) is 48.5 Å². The number of amides is 2. The zero-order valence-electron chi connectivity index (χ0n) is 19.1. The molecule has 168 valence electrons. The highest BCUT2D eigenvalue weighted by molar-refractivity contribution is 6.37. The normalized spacial score (nSPS) is 14.0. The number of rotatable bonds is 7. The van der Waals surface area contributed by atoms with E-state index in [1.165, 1.54) is 0 Å². The fourth-order valence-corrected chi connectivity index (χ4v) is 3.79. The molecule has 0 bridgehead atoms. The Labute approximate surface area is 194 Å². The van der Waals surface area contributed by atoms with Crippen LogP contribution in [-0.2, 0) is 9.59 Å². The Morgan fingerprint density at radius 1 is 0.879 bits per heavy atom. The van der Waals surface area contributed by atoms with Gasteiger partial charge in [0.25, 0.3) is 5.91 Å². The van der Waals surface area contributed by atoms with Crippen molar-refractivity contribution in [2.75, 3.05) is 43.2 Å². The number of nitrogens with zero attached hydrogens (tertiary/aromatic N) is 2. The molecule has 0 saturated carbocycles. The zero-order valence-corrected chi connectivity index (χ0v) is 19.1. The maximum Gasteiger partial charge on any atom is 0.258 e. The summed E-state index contributed by atoms with van der Waals surface area (Å²) >= 11 is 0. The fourth-order valence-electron chi connectivity index (χ4n) is 3.79. The van der Waals surface area contributed by atoms with Crippen molar-refractivity contribution in [2.24, 2.45) is 0 Å². The number of carbonyl (C=O) groups is 2. The Bertz CT molecular complexity index is 1180. The third-order valence-electron chi connectivity index (χ3n) is 5.66. The molecule has 0 spiro atoms. The summed E-state index contributed by atoms with van der Waals surface area (Å²) in [6.45, 7) is 0.709. The van der Waals surface area contributed by atoms with Crippen LogP contribution in [0.15, 0.2) is 78.9 Å². The molecule has 6 heteroatoms. The minimum absolute atomic E-state index is 0.0655. The maximum absolute atomic E-state index is 12.9. The van der Waals surface area contributed by atoms with Crippen molar-refractivity contribution in [3.05, 3.63) is 90.0 Å². The molecule has 4 rings (SSSR count). The van der Waals surface area contributed by atoms with E-state index in [4.69, 9.17) is 0 Å². The monoisotopic (exact) mass is 440 g/mol. The molecule has 1 heterocycles. The summed E-state index contributed by atoms with van der Waals surface area (Å²) in [5, 5.41) is 6.41. The number of benzene rings is 3. The lowest BCUT2D eigenvalue weighted by Gasteiger charge is -2.20. The molecule has 33 heavy (non-hydrogen) atoms. The first-order chi connectivity index (χ1) is 15.9. The molecule has 6 nitrogen and oxygen atoms in total. The molecule has 0 radical (unpaired) electrons. The van der Waals surface area contributed by atoms with Gasteiger partial charge in [-0.05, 0) is 50.0 Å². The topological polar surface area (TPSA) is 64.7 Å². The molecule has 2 N–H and O–H groups in total. The molecule has 1 aliphatic heterocycles. The number of hydrogen-bond acceptors (Lipinski definition) is 4. The second-order valence-electron chi connectivity index (χ2n) is 8.29. The number of anilines is 3. The molecule has 1 aliphatic rings. The van der Waals surface area contributed by atoms with E-state index in [2.05, 4.69) is 10.6 Å². The van der Waals surface area contributed by atoms with Crippen molar-refractivity contribution in [3.63, 3.8) is 0 Å². The van der Waals surface area contributed by atoms with Gasteiger partial charge in [0.05, 0.1) is 11.3 Å². The number of nitrogens with one attached hydrogen (secondary N) is 2. The fraction of sp³-hybridized carbons (Fsp3) is 0.185. The van der Waals surface area contributed by atoms with Crippen molar-refractivity contribution in [2.45, 2.75) is 6.42 Å². The lowest BCUT2D eigenvalue weighted by Crippen LogP contribution is -2.29. The first-order valence-electron chi connectivity index (χ1n) is 10.9. The van der Waals surface area contributed by atoms with Crippen LogP contribution in [0.1, 0.15) is 17.5 Å². The SMILES string of the molecule is CN(C)CCC(=O)N(C)c1ccc(NC(=C2C(=O)Nc3ccccc32)c2ccccc2)cc1. The van der Waals surface area contributed by atoms with Gasteiger partial charge in [0.2, 0.25) is 5.91 Å². The molecular weight excluding hydrogens is 412 g/mol. The highest BCUT2D eigenvalue weighted by atomic mass is 16.2. The van der Waals surface area contributed by atoms with E-state index in [0.29, 0.717) is 18.5 Å². The van der Waals surface area contributed by atoms with E-state index in [0.717, 1.165) is 33.9 Å². The van der Waals surface area contributed by atoms with Gasteiger partial charge in [-0.3, -0.25) is 9.59 Å². The molecule has 0 atom stereocenters. The van der Waals surface area contributed by atoms with Crippen LogP contribution in [0.4, 0.5) is 17.1 Å². The second kappa shape index (κ2) is 9.71. The third kappa shape index (κ3) is 4.96. The summed E-state index contributed by atoms with van der Waals surface area (Å²) in [6, 6.07) is 25.2. The maximum atomic E-state index is 12.9. The Morgan fingerprint density at radius 2 is 1.55 bits per heavy atom. The lowest BCUT2D eigenvalue weighted by molar-refractivity contribution is -0.118. The summed E-state index contributed by atoms with van der Waals surface area (Å²) in [5.74, 6) is -0.0684. The summed E-state index contributed by atoms with van der Waals surface area (Å²) in [6.07, 6.45) is 0.461. The highest BCUT2D eigenvalue weighted by Crippen LogP contribution is 2.37. The van der Waals surface area contributed by atoms with Crippen LogP contribution in [0.5, 0.6) is 0 Å². The van der Waals surface area contributed by atoms with Crippen LogP contribution in [0.3, 0.4) is 0 Å². The Balaban J connectivity index is 1.64. The summed E-state index contributed by atoms with van der Waals surface area (Å²) < 4.78 is 0. The summed E-state index contributed by atoms with van der Waals surface area (Å²) in [5.41, 5.74) is 5.59. The van der Waals surface area contributed by atoms with Gasteiger partial charge in [-0.2, -0.15) is 0 Å². The lowest BCUT2D eigenvalue weighted by atomic mass is 10.00. The van der Waals surface area contributed by atoms with Crippen molar-refractivity contribution in [3.8, 4) is 0 Å². The molecule has 3 aromatic carbocycles. The molecule has 3 aromatic rings.